The average Bonchev–Trinajstić information content (AvgIpc) is 3.06. The molecule has 1 aromatic heterocycles. The Kier molecular flexibility index (Phi) is 6.10. The Labute approximate surface area is 170 Å². The number of rotatable bonds is 6. The summed E-state index contributed by atoms with van der Waals surface area (Å²) in [6.07, 6.45) is 1.41. The largest absolute Gasteiger partial charge is 0.489 e. The third-order valence-electron chi connectivity index (χ3n) is 3.96. The van der Waals surface area contributed by atoms with E-state index in [1.165, 1.54) is 18.0 Å². The van der Waals surface area contributed by atoms with Gasteiger partial charge in [0.15, 0.2) is 5.69 Å². The number of methoxy groups -OCH3 is 1. The van der Waals surface area contributed by atoms with Crippen molar-refractivity contribution in [2.24, 2.45) is 7.05 Å². The van der Waals surface area contributed by atoms with E-state index in [0.717, 1.165) is 15.8 Å². The number of aryl methyl sites for hydroxylation is 1. The molecule has 0 aliphatic carbocycles. The Morgan fingerprint density at radius 2 is 1.96 bits per heavy atom. The van der Waals surface area contributed by atoms with Crippen molar-refractivity contribution in [3.63, 3.8) is 0 Å². The molecular weight excluding hydrogens is 426 g/mol. The molecule has 8 heteroatoms. The molecule has 0 aliphatic heterocycles. The third-order valence-corrected chi connectivity index (χ3v) is 4.45. The Hall–Kier alpha value is -3.13. The highest BCUT2D eigenvalue weighted by molar-refractivity contribution is 9.10. The van der Waals surface area contributed by atoms with Gasteiger partial charge < -0.3 is 14.8 Å². The number of anilines is 1. The van der Waals surface area contributed by atoms with Crippen LogP contribution in [0.1, 0.15) is 26.4 Å². The summed E-state index contributed by atoms with van der Waals surface area (Å²) in [5, 5.41) is 6.70. The lowest BCUT2D eigenvalue weighted by Gasteiger charge is -2.09. The van der Waals surface area contributed by atoms with Gasteiger partial charge in [-0.15, -0.1) is 0 Å². The molecule has 0 unspecified atom stereocenters. The number of halogens is 1. The molecule has 0 saturated carbocycles. The summed E-state index contributed by atoms with van der Waals surface area (Å²) >= 11 is 3.40. The lowest BCUT2D eigenvalue weighted by atomic mass is 10.1. The van der Waals surface area contributed by atoms with Crippen LogP contribution in [0.15, 0.2) is 59.2 Å². The van der Waals surface area contributed by atoms with Gasteiger partial charge in [0.25, 0.3) is 5.91 Å². The van der Waals surface area contributed by atoms with Crippen molar-refractivity contribution in [3.8, 4) is 5.75 Å². The number of carbonyl (C=O) groups is 2. The predicted molar refractivity (Wildman–Crippen MR) is 107 cm³/mol. The number of ether oxygens (including phenoxy) is 2. The van der Waals surface area contributed by atoms with Crippen LogP contribution in [-0.4, -0.2) is 28.8 Å². The van der Waals surface area contributed by atoms with Gasteiger partial charge >= 0.3 is 5.97 Å². The smallest absolute Gasteiger partial charge is 0.358 e. The molecule has 1 N–H and O–H groups in total. The molecule has 144 valence electrons. The van der Waals surface area contributed by atoms with Crippen LogP contribution in [0.4, 0.5) is 5.69 Å². The fourth-order valence-corrected chi connectivity index (χ4v) is 2.97. The van der Waals surface area contributed by atoms with E-state index in [1.807, 2.05) is 30.3 Å². The van der Waals surface area contributed by atoms with Gasteiger partial charge in [-0.3, -0.25) is 9.48 Å². The molecule has 7 nitrogen and oxygen atoms in total. The highest BCUT2D eigenvalue weighted by Crippen LogP contribution is 2.20. The van der Waals surface area contributed by atoms with Crippen molar-refractivity contribution in [2.45, 2.75) is 6.61 Å². The molecule has 28 heavy (non-hydrogen) atoms. The van der Waals surface area contributed by atoms with E-state index >= 15 is 0 Å². The standard InChI is InChI=1S/C20H18BrN3O4/c1-24-18(20(26)27-2)17(11-22-24)23-19(25)14-6-3-5-13(9-14)12-28-16-8-4-7-15(21)10-16/h3-11H,12H2,1-2H3,(H,23,25). The van der Waals surface area contributed by atoms with Gasteiger partial charge in [-0.25, -0.2) is 4.79 Å². The van der Waals surface area contributed by atoms with Crippen molar-refractivity contribution < 1.29 is 19.1 Å². The quantitative estimate of drug-likeness (QED) is 0.585. The highest BCUT2D eigenvalue weighted by Gasteiger charge is 2.19. The Morgan fingerprint density at radius 1 is 1.18 bits per heavy atom. The van der Waals surface area contributed by atoms with E-state index in [1.54, 1.807) is 25.2 Å². The molecule has 3 aromatic rings. The van der Waals surface area contributed by atoms with Crippen LogP contribution in [0, 0.1) is 0 Å². The van der Waals surface area contributed by atoms with Crippen molar-refractivity contribution in [3.05, 3.63) is 76.0 Å². The van der Waals surface area contributed by atoms with Crippen LogP contribution in [0.2, 0.25) is 0 Å². The number of carbonyl (C=O) groups excluding carboxylic acids is 2. The molecule has 0 fully saturated rings. The minimum atomic E-state index is -0.577. The summed E-state index contributed by atoms with van der Waals surface area (Å²) in [4.78, 5) is 24.5. The molecule has 1 heterocycles. The summed E-state index contributed by atoms with van der Waals surface area (Å²) in [6, 6.07) is 14.6. The van der Waals surface area contributed by atoms with Crippen LogP contribution in [-0.2, 0) is 18.4 Å². The second-order valence-corrected chi connectivity index (χ2v) is 6.84. The zero-order valence-electron chi connectivity index (χ0n) is 15.3. The number of nitrogens with one attached hydrogen (secondary N) is 1. The fraction of sp³-hybridized carbons (Fsp3) is 0.150. The first-order valence-corrected chi connectivity index (χ1v) is 9.16. The SMILES string of the molecule is COC(=O)c1c(NC(=O)c2cccc(COc3cccc(Br)c3)c2)cnn1C. The molecule has 0 radical (unpaired) electrons. The minimum absolute atomic E-state index is 0.171. The molecule has 0 saturated heterocycles. The first-order valence-electron chi connectivity index (χ1n) is 8.37. The summed E-state index contributed by atoms with van der Waals surface area (Å²) in [5.41, 5.74) is 1.74. The van der Waals surface area contributed by atoms with E-state index in [2.05, 4.69) is 26.3 Å². The number of hydrogen-bond donors (Lipinski definition) is 1. The number of esters is 1. The van der Waals surface area contributed by atoms with Gasteiger partial charge in [0.05, 0.1) is 19.0 Å². The maximum absolute atomic E-state index is 12.6. The number of aromatic nitrogens is 2. The molecule has 0 atom stereocenters. The van der Waals surface area contributed by atoms with E-state index in [-0.39, 0.29) is 17.3 Å². The van der Waals surface area contributed by atoms with E-state index in [4.69, 9.17) is 9.47 Å². The van der Waals surface area contributed by atoms with Crippen molar-refractivity contribution in [2.75, 3.05) is 12.4 Å². The second-order valence-electron chi connectivity index (χ2n) is 5.92. The molecule has 0 spiro atoms. The summed E-state index contributed by atoms with van der Waals surface area (Å²) in [6.45, 7) is 0.317. The fourth-order valence-electron chi connectivity index (χ4n) is 2.59. The summed E-state index contributed by atoms with van der Waals surface area (Å²) in [7, 11) is 2.87. The molecule has 0 aliphatic rings. The van der Waals surface area contributed by atoms with Crippen LogP contribution in [0.25, 0.3) is 0 Å². The zero-order chi connectivity index (χ0) is 20.1. The van der Waals surface area contributed by atoms with E-state index in [0.29, 0.717) is 12.2 Å². The normalized spacial score (nSPS) is 10.4. The summed E-state index contributed by atoms with van der Waals surface area (Å²) < 4.78 is 12.8. The first-order chi connectivity index (χ1) is 13.5. The van der Waals surface area contributed by atoms with E-state index in [9.17, 15) is 9.59 Å². The minimum Gasteiger partial charge on any atom is -0.489 e. The monoisotopic (exact) mass is 443 g/mol. The van der Waals surface area contributed by atoms with Gasteiger partial charge in [-0.05, 0) is 35.9 Å². The van der Waals surface area contributed by atoms with Crippen LogP contribution in [0.3, 0.4) is 0 Å². The zero-order valence-corrected chi connectivity index (χ0v) is 16.9. The molecule has 1 amide bonds. The molecule has 3 rings (SSSR count). The van der Waals surface area contributed by atoms with Crippen molar-refractivity contribution in [1.29, 1.82) is 0 Å². The van der Waals surface area contributed by atoms with Gasteiger partial charge in [-0.2, -0.15) is 5.10 Å². The highest BCUT2D eigenvalue weighted by atomic mass is 79.9. The van der Waals surface area contributed by atoms with Gasteiger partial charge in [0.2, 0.25) is 0 Å². The Bertz CT molecular complexity index is 1020. The maximum atomic E-state index is 12.6. The lowest BCUT2D eigenvalue weighted by molar-refractivity contribution is 0.0589. The maximum Gasteiger partial charge on any atom is 0.358 e. The van der Waals surface area contributed by atoms with Gasteiger partial charge in [0.1, 0.15) is 12.4 Å². The Morgan fingerprint density at radius 3 is 2.71 bits per heavy atom. The molecule has 0 bridgehead atoms. The predicted octanol–water partition coefficient (Wildman–Crippen LogP) is 3.80. The van der Waals surface area contributed by atoms with Crippen molar-refractivity contribution in [1.82, 2.24) is 9.78 Å². The first kappa shape index (κ1) is 19.6. The Balaban J connectivity index is 1.71. The van der Waals surface area contributed by atoms with Gasteiger partial charge in [0, 0.05) is 17.1 Å². The van der Waals surface area contributed by atoms with Crippen LogP contribution in [0.5, 0.6) is 5.75 Å². The number of nitrogens with zero attached hydrogens (tertiary/aromatic N) is 2. The number of amides is 1. The number of hydrogen-bond acceptors (Lipinski definition) is 5. The summed E-state index contributed by atoms with van der Waals surface area (Å²) in [5.74, 6) is -0.212. The van der Waals surface area contributed by atoms with Crippen LogP contribution < -0.4 is 10.1 Å². The van der Waals surface area contributed by atoms with Crippen LogP contribution >= 0.6 is 15.9 Å². The third kappa shape index (κ3) is 4.58. The topological polar surface area (TPSA) is 82.4 Å². The number of benzene rings is 2. The van der Waals surface area contributed by atoms with Gasteiger partial charge in [-0.1, -0.05) is 34.1 Å². The average molecular weight is 444 g/mol. The molecular formula is C20H18BrN3O4. The van der Waals surface area contributed by atoms with Crippen molar-refractivity contribution >= 4 is 33.5 Å². The molecule has 2 aromatic carbocycles. The second kappa shape index (κ2) is 8.71. The van der Waals surface area contributed by atoms with E-state index < -0.39 is 5.97 Å². The lowest BCUT2D eigenvalue weighted by Crippen LogP contribution is -2.16.